The van der Waals surface area contributed by atoms with Crippen molar-refractivity contribution in [2.75, 3.05) is 26.2 Å². The molecule has 1 aliphatic heterocycles. The summed E-state index contributed by atoms with van der Waals surface area (Å²) in [5.74, 6) is 0. The highest BCUT2D eigenvalue weighted by atomic mass is 16.5. The van der Waals surface area contributed by atoms with Crippen molar-refractivity contribution in [2.24, 2.45) is 0 Å². The molecule has 0 unspecified atom stereocenters. The van der Waals surface area contributed by atoms with Gasteiger partial charge in [0.1, 0.15) is 0 Å². The van der Waals surface area contributed by atoms with Gasteiger partial charge in [-0.25, -0.2) is 4.79 Å². The number of hydrogen-bond acceptors (Lipinski definition) is 3. The van der Waals surface area contributed by atoms with Crippen molar-refractivity contribution in [3.05, 3.63) is 48.7 Å². The van der Waals surface area contributed by atoms with E-state index in [1.54, 1.807) is 4.90 Å². The fourth-order valence-electron chi connectivity index (χ4n) is 2.30. The molecule has 1 amide bonds. The Balaban J connectivity index is 1.86. The molecule has 1 aliphatic rings. The van der Waals surface area contributed by atoms with Gasteiger partial charge in [0.2, 0.25) is 0 Å². The van der Waals surface area contributed by atoms with Crippen molar-refractivity contribution in [1.29, 1.82) is 0 Å². The van der Waals surface area contributed by atoms with E-state index < -0.39 is 0 Å². The Morgan fingerprint density at radius 1 is 1.21 bits per heavy atom. The van der Waals surface area contributed by atoms with E-state index in [2.05, 4.69) is 35.7 Å². The number of nitrogens with zero attached hydrogens (tertiary/aromatic N) is 2. The number of ether oxygens (including phenoxy) is 1. The predicted molar refractivity (Wildman–Crippen MR) is 74.6 cm³/mol. The molecule has 4 heteroatoms. The van der Waals surface area contributed by atoms with Crippen LogP contribution in [0.3, 0.4) is 0 Å². The first-order valence-corrected chi connectivity index (χ1v) is 6.62. The van der Waals surface area contributed by atoms with Gasteiger partial charge in [0.25, 0.3) is 0 Å². The summed E-state index contributed by atoms with van der Waals surface area (Å²) in [6.45, 7) is 7.68. The van der Waals surface area contributed by atoms with Crippen molar-refractivity contribution in [3.8, 4) is 0 Å². The van der Waals surface area contributed by atoms with Crippen molar-refractivity contribution >= 4 is 6.09 Å². The first-order chi connectivity index (χ1) is 9.29. The molecule has 0 radical (unpaired) electrons. The first-order valence-electron chi connectivity index (χ1n) is 6.62. The summed E-state index contributed by atoms with van der Waals surface area (Å²) >= 11 is 0. The standard InChI is InChI=1S/C15H20N2O2/c1-2-19-15(18)17-10-6-9-16(11-12-17)13-14-7-4-3-5-8-14/h2-5,7-8H,1,6,9-13H2. The van der Waals surface area contributed by atoms with Crippen LogP contribution in [0.1, 0.15) is 12.0 Å². The second-order valence-electron chi connectivity index (χ2n) is 4.65. The van der Waals surface area contributed by atoms with Crippen molar-refractivity contribution in [3.63, 3.8) is 0 Å². The third-order valence-electron chi connectivity index (χ3n) is 3.28. The molecule has 0 spiro atoms. The third-order valence-corrected chi connectivity index (χ3v) is 3.28. The van der Waals surface area contributed by atoms with E-state index in [9.17, 15) is 4.79 Å². The molecule has 1 heterocycles. The first kappa shape index (κ1) is 13.6. The maximum absolute atomic E-state index is 11.6. The van der Waals surface area contributed by atoms with Gasteiger partial charge in [0.15, 0.2) is 0 Å². The number of carbonyl (C=O) groups is 1. The molecule has 0 atom stereocenters. The zero-order valence-electron chi connectivity index (χ0n) is 11.1. The summed E-state index contributed by atoms with van der Waals surface area (Å²) in [5.41, 5.74) is 1.31. The summed E-state index contributed by atoms with van der Waals surface area (Å²) in [5, 5.41) is 0. The van der Waals surface area contributed by atoms with Crippen LogP contribution in [0.5, 0.6) is 0 Å². The Bertz CT molecular complexity index is 419. The summed E-state index contributed by atoms with van der Waals surface area (Å²) < 4.78 is 4.82. The quantitative estimate of drug-likeness (QED) is 0.783. The molecular weight excluding hydrogens is 240 g/mol. The molecule has 19 heavy (non-hydrogen) atoms. The molecule has 0 N–H and O–H groups in total. The minimum atomic E-state index is -0.295. The fraction of sp³-hybridized carbons (Fsp3) is 0.400. The lowest BCUT2D eigenvalue weighted by atomic mass is 10.2. The van der Waals surface area contributed by atoms with Gasteiger partial charge in [-0.3, -0.25) is 4.90 Å². The van der Waals surface area contributed by atoms with E-state index in [4.69, 9.17) is 4.74 Å². The average molecular weight is 260 g/mol. The topological polar surface area (TPSA) is 32.8 Å². The predicted octanol–water partition coefficient (Wildman–Crippen LogP) is 2.47. The lowest BCUT2D eigenvalue weighted by Crippen LogP contribution is -2.34. The van der Waals surface area contributed by atoms with Crippen LogP contribution in [0.15, 0.2) is 43.2 Å². The van der Waals surface area contributed by atoms with E-state index in [0.717, 1.165) is 32.6 Å². The van der Waals surface area contributed by atoms with Gasteiger partial charge in [-0.1, -0.05) is 36.9 Å². The number of amides is 1. The van der Waals surface area contributed by atoms with Crippen LogP contribution in [0.4, 0.5) is 4.79 Å². The van der Waals surface area contributed by atoms with Crippen LogP contribution >= 0.6 is 0 Å². The average Bonchev–Trinajstić information content (AvgIpc) is 2.66. The van der Waals surface area contributed by atoms with Gasteiger partial charge in [0, 0.05) is 32.7 Å². The molecule has 102 valence electrons. The van der Waals surface area contributed by atoms with E-state index in [-0.39, 0.29) is 6.09 Å². The van der Waals surface area contributed by atoms with Crippen molar-refractivity contribution < 1.29 is 9.53 Å². The van der Waals surface area contributed by atoms with Gasteiger partial charge in [-0.15, -0.1) is 0 Å². The van der Waals surface area contributed by atoms with E-state index >= 15 is 0 Å². The summed E-state index contributed by atoms with van der Waals surface area (Å²) in [4.78, 5) is 15.7. The molecule has 0 aliphatic carbocycles. The monoisotopic (exact) mass is 260 g/mol. The highest BCUT2D eigenvalue weighted by Crippen LogP contribution is 2.09. The van der Waals surface area contributed by atoms with Crippen LogP contribution in [0.25, 0.3) is 0 Å². The maximum atomic E-state index is 11.6. The highest BCUT2D eigenvalue weighted by molar-refractivity contribution is 5.68. The van der Waals surface area contributed by atoms with Gasteiger partial charge in [-0.05, 0) is 12.0 Å². The molecule has 0 saturated carbocycles. The Morgan fingerprint density at radius 3 is 2.74 bits per heavy atom. The zero-order valence-corrected chi connectivity index (χ0v) is 11.1. The van der Waals surface area contributed by atoms with E-state index in [0.29, 0.717) is 6.54 Å². The molecule has 1 fully saturated rings. The Morgan fingerprint density at radius 2 is 2.00 bits per heavy atom. The zero-order chi connectivity index (χ0) is 13.5. The normalized spacial score (nSPS) is 16.7. The number of hydrogen-bond donors (Lipinski definition) is 0. The minimum absolute atomic E-state index is 0.295. The molecule has 1 saturated heterocycles. The molecular formula is C15H20N2O2. The van der Waals surface area contributed by atoms with Crippen LogP contribution in [0.2, 0.25) is 0 Å². The smallest absolute Gasteiger partial charge is 0.414 e. The number of benzene rings is 1. The van der Waals surface area contributed by atoms with Crippen molar-refractivity contribution in [1.82, 2.24) is 9.80 Å². The lowest BCUT2D eigenvalue weighted by Gasteiger charge is -2.21. The molecule has 0 bridgehead atoms. The highest BCUT2D eigenvalue weighted by Gasteiger charge is 2.19. The van der Waals surface area contributed by atoms with Gasteiger partial charge >= 0.3 is 6.09 Å². The lowest BCUT2D eigenvalue weighted by molar-refractivity contribution is 0.138. The van der Waals surface area contributed by atoms with Gasteiger partial charge in [0.05, 0.1) is 6.26 Å². The molecule has 4 nitrogen and oxygen atoms in total. The second kappa shape index (κ2) is 6.95. The van der Waals surface area contributed by atoms with Crippen molar-refractivity contribution in [2.45, 2.75) is 13.0 Å². The van der Waals surface area contributed by atoms with Crippen LogP contribution in [-0.2, 0) is 11.3 Å². The summed E-state index contributed by atoms with van der Waals surface area (Å²) in [6.07, 6.45) is 1.87. The Hall–Kier alpha value is -1.81. The number of carbonyl (C=O) groups excluding carboxylic acids is 1. The Kier molecular flexibility index (Phi) is 4.98. The minimum Gasteiger partial charge on any atom is -0.419 e. The molecule has 1 aromatic carbocycles. The summed E-state index contributed by atoms with van der Waals surface area (Å²) in [7, 11) is 0. The Labute approximate surface area is 114 Å². The number of rotatable bonds is 3. The van der Waals surface area contributed by atoms with Gasteiger partial charge in [-0.2, -0.15) is 0 Å². The largest absolute Gasteiger partial charge is 0.419 e. The van der Waals surface area contributed by atoms with Crippen LogP contribution < -0.4 is 0 Å². The molecule has 2 rings (SSSR count). The van der Waals surface area contributed by atoms with Gasteiger partial charge < -0.3 is 9.64 Å². The fourth-order valence-corrected chi connectivity index (χ4v) is 2.30. The summed E-state index contributed by atoms with van der Waals surface area (Å²) in [6, 6.07) is 10.4. The SMILES string of the molecule is C=COC(=O)N1CCCN(Cc2ccccc2)CC1. The van der Waals surface area contributed by atoms with E-state index in [1.165, 1.54) is 11.8 Å². The third kappa shape index (κ3) is 4.10. The van der Waals surface area contributed by atoms with Crippen LogP contribution in [-0.4, -0.2) is 42.1 Å². The van der Waals surface area contributed by atoms with Crippen LogP contribution in [0, 0.1) is 0 Å². The van der Waals surface area contributed by atoms with E-state index in [1.807, 2.05) is 6.07 Å². The molecule has 0 aromatic heterocycles. The molecule has 1 aromatic rings. The second-order valence-corrected chi connectivity index (χ2v) is 4.65. The maximum Gasteiger partial charge on any atom is 0.414 e.